The summed E-state index contributed by atoms with van der Waals surface area (Å²) in [5.41, 5.74) is 1.96. The predicted octanol–water partition coefficient (Wildman–Crippen LogP) is 3.06. The van der Waals surface area contributed by atoms with Gasteiger partial charge in [-0.05, 0) is 74.5 Å². The zero-order valence-electron chi connectivity index (χ0n) is 12.2. The van der Waals surface area contributed by atoms with Gasteiger partial charge in [0.1, 0.15) is 6.54 Å². The summed E-state index contributed by atoms with van der Waals surface area (Å²) in [5.74, 6) is -1.40. The summed E-state index contributed by atoms with van der Waals surface area (Å²) in [4.78, 5) is 30.6. The monoisotopic (exact) mass is 641 g/mol. The second-order valence-electron chi connectivity index (χ2n) is 4.62. The lowest BCUT2D eigenvalue weighted by Gasteiger charge is -2.24. The Hall–Kier alpha value is -0.180. The van der Waals surface area contributed by atoms with E-state index < -0.39 is 5.97 Å². The van der Waals surface area contributed by atoms with E-state index in [0.29, 0.717) is 14.8 Å². The number of hydrogen-bond donors (Lipinski definition) is 1. The number of carboxylic acid groups (broad SMARTS) is 1. The molecule has 0 spiro atoms. The molecule has 0 saturated carbocycles. The van der Waals surface area contributed by atoms with E-state index >= 15 is 0 Å². The van der Waals surface area contributed by atoms with Crippen LogP contribution in [-0.2, 0) is 4.79 Å². The number of nitrogens with zero attached hydrogens (tertiary/aromatic N) is 3. The highest BCUT2D eigenvalue weighted by Gasteiger charge is 2.27. The summed E-state index contributed by atoms with van der Waals surface area (Å²) in [6.45, 7) is 3.22. The summed E-state index contributed by atoms with van der Waals surface area (Å²) < 4.78 is 2.35. The molecule has 0 heterocycles. The van der Waals surface area contributed by atoms with Gasteiger partial charge in [-0.1, -0.05) is 0 Å². The number of likely N-dealkylation sites (N-methyl/N-ethyl adjacent to an activating group) is 1. The number of halogens is 3. The maximum Gasteiger partial charge on any atom is 0.323 e. The number of carbonyl (C=O) groups excluding carboxylic acids is 1. The zero-order valence-corrected chi connectivity index (χ0v) is 18.6. The van der Waals surface area contributed by atoms with Gasteiger partial charge in [0.25, 0.3) is 5.91 Å². The molecule has 0 atom stereocenters. The minimum Gasteiger partial charge on any atom is -0.480 e. The van der Waals surface area contributed by atoms with Crippen LogP contribution in [0.15, 0.2) is 4.99 Å². The molecule has 0 bridgehead atoms. The van der Waals surface area contributed by atoms with Crippen molar-refractivity contribution in [3.8, 4) is 0 Å². The molecule has 0 radical (unpaired) electrons. The summed E-state index contributed by atoms with van der Waals surface area (Å²) in [6.07, 6.45) is 0. The Morgan fingerprint density at radius 1 is 1.14 bits per heavy atom. The van der Waals surface area contributed by atoms with Crippen molar-refractivity contribution in [2.45, 2.75) is 0 Å². The number of carboxylic acids is 1. The highest BCUT2D eigenvalue weighted by Crippen LogP contribution is 2.41. The Balaban J connectivity index is 3.60. The molecule has 22 heavy (non-hydrogen) atoms. The van der Waals surface area contributed by atoms with Crippen LogP contribution >= 0.6 is 67.8 Å². The topological polar surface area (TPSA) is 73.2 Å². The Labute approximate surface area is 169 Å². The molecule has 0 saturated heterocycles. The van der Waals surface area contributed by atoms with E-state index in [9.17, 15) is 9.59 Å². The number of rotatable bonds is 5. The van der Waals surface area contributed by atoms with Crippen molar-refractivity contribution in [3.05, 3.63) is 16.3 Å². The normalized spacial score (nSPS) is 10.3. The standard InChI is InChI=1S/C13H14I3N3O3/c1-17-11-8(14)7(13(22)19(4)5-6(20)21)9(15)12(10(11)16)18(2)3/h1,5H2,2-4H3,(H,20,21). The van der Waals surface area contributed by atoms with Gasteiger partial charge in [-0.25, -0.2) is 0 Å². The number of benzene rings is 1. The minimum absolute atomic E-state index is 0.347. The molecule has 0 aliphatic rings. The molecule has 1 amide bonds. The molecule has 1 aromatic carbocycles. The van der Waals surface area contributed by atoms with E-state index in [1.807, 2.05) is 19.0 Å². The van der Waals surface area contributed by atoms with Gasteiger partial charge in [0.15, 0.2) is 0 Å². The number of amides is 1. The van der Waals surface area contributed by atoms with Crippen LogP contribution in [0.3, 0.4) is 0 Å². The highest BCUT2D eigenvalue weighted by atomic mass is 127. The average Bonchev–Trinajstić information content (AvgIpc) is 2.37. The van der Waals surface area contributed by atoms with Gasteiger partial charge < -0.3 is 14.9 Å². The van der Waals surface area contributed by atoms with E-state index in [-0.39, 0.29) is 12.5 Å². The van der Waals surface area contributed by atoms with Gasteiger partial charge in [-0.3, -0.25) is 14.6 Å². The lowest BCUT2D eigenvalue weighted by Crippen LogP contribution is -2.33. The molecule has 1 N–H and O–H groups in total. The Bertz CT molecular complexity index is 647. The molecule has 6 nitrogen and oxygen atoms in total. The van der Waals surface area contributed by atoms with E-state index in [4.69, 9.17) is 5.11 Å². The molecule has 0 aliphatic heterocycles. The van der Waals surface area contributed by atoms with Gasteiger partial charge in [-0.2, -0.15) is 0 Å². The molecule has 0 aliphatic carbocycles. The Morgan fingerprint density at radius 2 is 1.68 bits per heavy atom. The van der Waals surface area contributed by atoms with Crippen molar-refractivity contribution < 1.29 is 14.7 Å². The Kier molecular flexibility index (Phi) is 7.29. The quantitative estimate of drug-likeness (QED) is 0.397. The molecule has 120 valence electrons. The fourth-order valence-corrected chi connectivity index (χ4v) is 6.76. The van der Waals surface area contributed by atoms with Gasteiger partial charge in [0.05, 0.1) is 27.6 Å². The lowest BCUT2D eigenvalue weighted by atomic mass is 10.1. The lowest BCUT2D eigenvalue weighted by molar-refractivity contribution is -0.137. The fraction of sp³-hybridized carbons (Fsp3) is 0.308. The van der Waals surface area contributed by atoms with Crippen LogP contribution in [0, 0.1) is 10.7 Å². The number of carbonyl (C=O) groups is 2. The number of aliphatic carboxylic acids is 1. The van der Waals surface area contributed by atoms with Crippen molar-refractivity contribution in [1.29, 1.82) is 0 Å². The van der Waals surface area contributed by atoms with E-state index in [1.54, 1.807) is 0 Å². The first kappa shape index (κ1) is 19.9. The van der Waals surface area contributed by atoms with E-state index in [2.05, 4.69) is 79.5 Å². The summed E-state index contributed by atoms with van der Waals surface area (Å²) >= 11 is 6.35. The van der Waals surface area contributed by atoms with Crippen LogP contribution in [0.2, 0.25) is 0 Å². The maximum atomic E-state index is 12.6. The highest BCUT2D eigenvalue weighted by molar-refractivity contribution is 14.1. The number of anilines is 1. The smallest absolute Gasteiger partial charge is 0.323 e. The van der Waals surface area contributed by atoms with Gasteiger partial charge in [0.2, 0.25) is 0 Å². The van der Waals surface area contributed by atoms with E-state index in [1.165, 1.54) is 11.9 Å². The third kappa shape index (κ3) is 4.01. The van der Waals surface area contributed by atoms with Gasteiger partial charge in [-0.15, -0.1) is 0 Å². The first-order valence-electron chi connectivity index (χ1n) is 5.95. The minimum atomic E-state index is -1.05. The summed E-state index contributed by atoms with van der Waals surface area (Å²) in [5, 5.41) is 8.87. The van der Waals surface area contributed by atoms with Crippen LogP contribution in [0.4, 0.5) is 11.4 Å². The van der Waals surface area contributed by atoms with Crippen molar-refractivity contribution in [2.24, 2.45) is 4.99 Å². The van der Waals surface area contributed by atoms with Crippen LogP contribution in [0.25, 0.3) is 0 Å². The van der Waals surface area contributed by atoms with Crippen LogP contribution in [-0.4, -0.2) is 56.3 Å². The van der Waals surface area contributed by atoms with Gasteiger partial charge in [0, 0.05) is 21.1 Å². The first-order chi connectivity index (χ1) is 10.1. The molecular weight excluding hydrogens is 627 g/mol. The van der Waals surface area contributed by atoms with Crippen molar-refractivity contribution in [2.75, 3.05) is 32.6 Å². The number of aliphatic imine (C=N–C) groups is 1. The SMILES string of the molecule is C=Nc1c(I)c(C(=O)N(C)CC(=O)O)c(I)c(N(C)C)c1I. The molecule has 9 heteroatoms. The molecule has 0 aromatic heterocycles. The number of hydrogen-bond acceptors (Lipinski definition) is 4. The Morgan fingerprint density at radius 3 is 2.09 bits per heavy atom. The van der Waals surface area contributed by atoms with Crippen molar-refractivity contribution >= 4 is 97.7 Å². The van der Waals surface area contributed by atoms with Crippen molar-refractivity contribution in [1.82, 2.24) is 4.90 Å². The van der Waals surface area contributed by atoms with Crippen LogP contribution in [0.5, 0.6) is 0 Å². The van der Waals surface area contributed by atoms with E-state index in [0.717, 1.165) is 12.8 Å². The summed E-state index contributed by atoms with van der Waals surface area (Å²) in [6, 6.07) is 0. The molecule has 0 fully saturated rings. The van der Waals surface area contributed by atoms with Crippen LogP contribution in [0.1, 0.15) is 10.4 Å². The molecule has 1 aromatic rings. The average molecular weight is 641 g/mol. The molecule has 0 unspecified atom stereocenters. The zero-order chi connectivity index (χ0) is 17.2. The second kappa shape index (κ2) is 8.08. The van der Waals surface area contributed by atoms with Gasteiger partial charge >= 0.3 is 5.97 Å². The second-order valence-corrected chi connectivity index (χ2v) is 7.86. The summed E-state index contributed by atoms with van der Waals surface area (Å²) in [7, 11) is 5.24. The van der Waals surface area contributed by atoms with Crippen LogP contribution < -0.4 is 4.90 Å². The largest absolute Gasteiger partial charge is 0.480 e. The third-order valence-corrected chi connectivity index (χ3v) is 5.93. The maximum absolute atomic E-state index is 12.6. The predicted molar refractivity (Wildman–Crippen MR) is 113 cm³/mol. The molecule has 1 rings (SSSR count). The van der Waals surface area contributed by atoms with Crippen molar-refractivity contribution in [3.63, 3.8) is 0 Å². The molecular formula is C13H14I3N3O3. The fourth-order valence-electron chi connectivity index (χ4n) is 1.82. The first-order valence-corrected chi connectivity index (χ1v) is 9.18. The third-order valence-electron chi connectivity index (χ3n) is 2.81.